The van der Waals surface area contributed by atoms with Gasteiger partial charge in [-0.25, -0.2) is 4.79 Å². The maximum absolute atomic E-state index is 11.5. The molecular weight excluding hydrogens is 256 g/mol. The van der Waals surface area contributed by atoms with Crippen LogP contribution in [0.4, 0.5) is 0 Å². The summed E-state index contributed by atoms with van der Waals surface area (Å²) in [5.41, 5.74) is 0.714. The average Bonchev–Trinajstić information content (AvgIpc) is 2.29. The molecule has 0 atom stereocenters. The number of hydrogen-bond donors (Lipinski definition) is 0. The van der Waals surface area contributed by atoms with E-state index in [1.165, 1.54) is 32.1 Å². The van der Waals surface area contributed by atoms with E-state index in [1.54, 1.807) is 6.08 Å². The summed E-state index contributed by atoms with van der Waals surface area (Å²) in [5, 5.41) is 0.576. The zero-order valence-corrected chi connectivity index (χ0v) is 10.9. The van der Waals surface area contributed by atoms with Gasteiger partial charge in [-0.1, -0.05) is 41.3 Å². The van der Waals surface area contributed by atoms with Crippen LogP contribution in [0.5, 0.6) is 0 Å². The van der Waals surface area contributed by atoms with Crippen LogP contribution in [0.3, 0.4) is 0 Å². The summed E-state index contributed by atoms with van der Waals surface area (Å²) < 4.78 is 5.29. The molecule has 0 aliphatic heterocycles. The Morgan fingerprint density at radius 1 is 1.40 bits per heavy atom. The van der Waals surface area contributed by atoms with Crippen molar-refractivity contribution in [3.05, 3.63) is 11.6 Å². The molecule has 0 radical (unpaired) electrons. The predicted molar refractivity (Wildman–Crippen MR) is 65.1 cm³/mol. The third-order valence-corrected chi connectivity index (χ3v) is 3.53. The molecule has 0 aromatic heterocycles. The fourth-order valence-corrected chi connectivity index (χ4v) is 2.44. The van der Waals surface area contributed by atoms with E-state index in [1.807, 2.05) is 6.92 Å². The molecule has 86 valence electrons. The summed E-state index contributed by atoms with van der Waals surface area (Å²) in [7, 11) is 0. The fourth-order valence-electron chi connectivity index (χ4n) is 1.89. The number of rotatable bonds is 4. The number of ether oxygens (including phenoxy) is 1. The van der Waals surface area contributed by atoms with Crippen LogP contribution in [0.15, 0.2) is 11.6 Å². The zero-order chi connectivity index (χ0) is 11.1. The highest BCUT2D eigenvalue weighted by Crippen LogP contribution is 2.23. The first-order chi connectivity index (χ1) is 7.27. The summed E-state index contributed by atoms with van der Waals surface area (Å²) in [4.78, 5) is 11.5. The van der Waals surface area contributed by atoms with Crippen LogP contribution in [0.25, 0.3) is 0 Å². The van der Waals surface area contributed by atoms with Gasteiger partial charge in [-0.3, -0.25) is 0 Å². The molecule has 0 aromatic rings. The first kappa shape index (κ1) is 12.8. The van der Waals surface area contributed by atoms with Crippen molar-refractivity contribution in [1.82, 2.24) is 0 Å². The molecule has 1 saturated carbocycles. The number of carbonyl (C=O) groups is 1. The van der Waals surface area contributed by atoms with Gasteiger partial charge in [0, 0.05) is 10.9 Å². The summed E-state index contributed by atoms with van der Waals surface area (Å²) in [6, 6.07) is 0. The van der Waals surface area contributed by atoms with E-state index < -0.39 is 0 Å². The topological polar surface area (TPSA) is 26.3 Å². The highest BCUT2D eigenvalue weighted by molar-refractivity contribution is 9.09. The molecule has 1 fully saturated rings. The molecule has 0 saturated heterocycles. The highest BCUT2D eigenvalue weighted by atomic mass is 79.9. The largest absolute Gasteiger partial charge is 0.462 e. The molecule has 0 aromatic carbocycles. The van der Waals surface area contributed by atoms with E-state index >= 15 is 0 Å². The minimum atomic E-state index is -0.167. The molecular formula is C12H19BrO2. The lowest BCUT2D eigenvalue weighted by Gasteiger charge is -2.21. The molecule has 0 bridgehead atoms. The molecule has 0 unspecified atom stereocenters. The van der Waals surface area contributed by atoms with Crippen molar-refractivity contribution in [2.45, 2.75) is 39.0 Å². The lowest BCUT2D eigenvalue weighted by molar-refractivity contribution is -0.140. The quantitative estimate of drug-likeness (QED) is 0.446. The number of carbonyl (C=O) groups excluding carboxylic acids is 1. The van der Waals surface area contributed by atoms with E-state index in [0.29, 0.717) is 23.4 Å². The second kappa shape index (κ2) is 7.04. The van der Waals surface area contributed by atoms with Gasteiger partial charge < -0.3 is 4.74 Å². The third kappa shape index (κ3) is 4.37. The molecule has 15 heavy (non-hydrogen) atoms. The third-order valence-electron chi connectivity index (χ3n) is 2.93. The highest BCUT2D eigenvalue weighted by Gasteiger charge is 2.16. The lowest BCUT2D eigenvalue weighted by Crippen LogP contribution is -2.18. The Bertz CT molecular complexity index is 230. The van der Waals surface area contributed by atoms with Gasteiger partial charge >= 0.3 is 5.97 Å². The van der Waals surface area contributed by atoms with Gasteiger partial charge in [-0.05, 0) is 25.7 Å². The van der Waals surface area contributed by atoms with Gasteiger partial charge in [0.25, 0.3) is 0 Å². The number of allylic oxidation sites excluding steroid dienone is 1. The molecule has 1 aliphatic rings. The van der Waals surface area contributed by atoms with Crippen molar-refractivity contribution < 1.29 is 9.53 Å². The van der Waals surface area contributed by atoms with Gasteiger partial charge in [-0.2, -0.15) is 0 Å². The molecule has 1 aliphatic carbocycles. The minimum absolute atomic E-state index is 0.167. The van der Waals surface area contributed by atoms with E-state index in [9.17, 15) is 4.79 Å². The van der Waals surface area contributed by atoms with Gasteiger partial charge in [0.05, 0.1) is 6.61 Å². The summed E-state index contributed by atoms with van der Waals surface area (Å²) in [5.74, 6) is 0.427. The summed E-state index contributed by atoms with van der Waals surface area (Å²) >= 11 is 3.27. The Morgan fingerprint density at radius 2 is 2.07 bits per heavy atom. The van der Waals surface area contributed by atoms with Crippen LogP contribution in [-0.2, 0) is 9.53 Å². The maximum atomic E-state index is 11.5. The lowest BCUT2D eigenvalue weighted by atomic mass is 9.90. The van der Waals surface area contributed by atoms with Crippen LogP contribution >= 0.6 is 15.9 Å². The minimum Gasteiger partial charge on any atom is -0.462 e. The molecule has 0 amide bonds. The Kier molecular flexibility index (Phi) is 5.99. The van der Waals surface area contributed by atoms with E-state index in [4.69, 9.17) is 4.74 Å². The van der Waals surface area contributed by atoms with Gasteiger partial charge in [0.1, 0.15) is 0 Å². The smallest absolute Gasteiger partial charge is 0.334 e. The number of alkyl halides is 1. The SMILES string of the molecule is C/C=C(\CBr)C(=O)OCC1CCCCC1. The van der Waals surface area contributed by atoms with Crippen LogP contribution < -0.4 is 0 Å². The molecule has 0 heterocycles. The van der Waals surface area contributed by atoms with Crippen molar-refractivity contribution in [3.8, 4) is 0 Å². The van der Waals surface area contributed by atoms with Crippen molar-refractivity contribution in [1.29, 1.82) is 0 Å². The first-order valence-corrected chi connectivity index (χ1v) is 6.78. The van der Waals surface area contributed by atoms with Crippen LogP contribution in [0.2, 0.25) is 0 Å². The summed E-state index contributed by atoms with van der Waals surface area (Å²) in [6.07, 6.45) is 8.15. The monoisotopic (exact) mass is 274 g/mol. The Morgan fingerprint density at radius 3 is 2.60 bits per heavy atom. The van der Waals surface area contributed by atoms with E-state index in [-0.39, 0.29) is 5.97 Å². The standard InChI is InChI=1S/C12H19BrO2/c1-2-11(8-13)12(14)15-9-10-6-4-3-5-7-10/h2,10H,3-9H2,1H3/b11-2+. The van der Waals surface area contributed by atoms with Crippen LogP contribution in [0.1, 0.15) is 39.0 Å². The maximum Gasteiger partial charge on any atom is 0.334 e. The second-order valence-electron chi connectivity index (χ2n) is 4.05. The molecule has 3 heteroatoms. The summed E-state index contributed by atoms with van der Waals surface area (Å²) in [6.45, 7) is 2.46. The first-order valence-electron chi connectivity index (χ1n) is 5.66. The second-order valence-corrected chi connectivity index (χ2v) is 4.61. The molecule has 0 N–H and O–H groups in total. The average molecular weight is 275 g/mol. The van der Waals surface area contributed by atoms with Gasteiger partial charge in [0.15, 0.2) is 0 Å². The van der Waals surface area contributed by atoms with Crippen molar-refractivity contribution in [2.24, 2.45) is 5.92 Å². The zero-order valence-electron chi connectivity index (χ0n) is 9.30. The van der Waals surface area contributed by atoms with Gasteiger partial charge in [-0.15, -0.1) is 0 Å². The van der Waals surface area contributed by atoms with Crippen LogP contribution in [0, 0.1) is 5.92 Å². The van der Waals surface area contributed by atoms with Crippen molar-refractivity contribution in [3.63, 3.8) is 0 Å². The fraction of sp³-hybridized carbons (Fsp3) is 0.750. The van der Waals surface area contributed by atoms with E-state index in [0.717, 1.165) is 0 Å². The Hall–Kier alpha value is -0.310. The van der Waals surface area contributed by atoms with Crippen molar-refractivity contribution in [2.75, 3.05) is 11.9 Å². The van der Waals surface area contributed by atoms with Crippen molar-refractivity contribution >= 4 is 21.9 Å². The number of halogens is 1. The molecule has 0 spiro atoms. The Balaban J connectivity index is 2.26. The molecule has 2 nitrogen and oxygen atoms in total. The molecule has 1 rings (SSSR count). The van der Waals surface area contributed by atoms with Gasteiger partial charge in [0.2, 0.25) is 0 Å². The Labute approximate surface area is 100 Å². The normalized spacial score (nSPS) is 18.9. The number of esters is 1. The number of hydrogen-bond acceptors (Lipinski definition) is 2. The van der Waals surface area contributed by atoms with E-state index in [2.05, 4.69) is 15.9 Å². The van der Waals surface area contributed by atoms with Crippen LogP contribution in [-0.4, -0.2) is 17.9 Å². The predicted octanol–water partition coefficient (Wildman–Crippen LogP) is 3.45.